The van der Waals surface area contributed by atoms with Gasteiger partial charge in [0.25, 0.3) is 17.3 Å². The SMILES string of the molecule is [C-]#[N+]c1c([N+]#[C-])c(C#N)c2c(c1[N+]#[C-])c1cc3ccccc3cc1c1c3ccccc3cn21.[C-]#[N+]c1cc2c(c([N+]#[C-])c1[N+]#[C-])c1cc3ccccc3cc1c1c3ccccc3cn21.[C-]#[N+]c1cc2c3cc4ccccc4cc3c3c4ccccc4cn3c2cc1[N+]#[C-].[C-]#[N+]c1nc2c3cc4ccccc4cc3c3c4ccccc4cn3c2nc1[N+]#[C-]. The first-order valence-corrected chi connectivity index (χ1v) is 38.3. The van der Waals surface area contributed by atoms with Crippen LogP contribution in [0.2, 0.25) is 0 Å². The van der Waals surface area contributed by atoms with Gasteiger partial charge in [0, 0.05) is 111 Å². The molecule has 0 fully saturated rings. The molecule has 122 heavy (non-hydrogen) atoms. The van der Waals surface area contributed by atoms with E-state index in [0.717, 1.165) is 157 Å². The molecule has 0 unspecified atom stereocenters. The molecule has 552 valence electrons. The van der Waals surface area contributed by atoms with Crippen LogP contribution in [-0.2, 0) is 0 Å². The van der Waals surface area contributed by atoms with Gasteiger partial charge in [-0.15, -0.1) is 9.97 Å². The van der Waals surface area contributed by atoms with E-state index in [1.165, 1.54) is 16.2 Å². The Hall–Kier alpha value is -19.0. The molecule has 0 N–H and O–H groups in total. The largest absolute Gasteiger partial charge is 0.370 e. The Kier molecular flexibility index (Phi) is 16.0. The fourth-order valence-corrected chi connectivity index (χ4v) is 18.1. The number of hydrogen-bond acceptors (Lipinski definition) is 3. The average molecular weight is 1550 g/mol. The Morgan fingerprint density at radius 3 is 1.00 bits per heavy atom. The third-order valence-corrected chi connectivity index (χ3v) is 23.3. The molecule has 0 spiro atoms. The standard InChI is InChI=1S/C28H11N5.C27H12N4.C26H13N3.C24H11N5/c1-30-24-22(14-29)28-23(25(31-2)26(24)32-3)20-12-16-8-4-5-9-17(16)13-21(20)27-19-11-7-6-10-18(19)15-33(27)28;1-28-22-14-23-24(26(30-3)25(22)29-2)20-12-16-8-4-5-9-17(16)13-21(20)27-19-11-7-6-10-18(19)15-31(23)27;1-27-23-13-21-20-11-16-7-3-4-8-17(16)12-22(20)26-19-10-6-5-9-18(19)15-29(26)25(21)14-24(23)28-2;1-25-22-23(26-2)28-24-20(27-22)18-11-14-7-3-4-8-15(14)12-19(18)21-17-10-6-5-9-16(17)13-29(21)24/h4-13,15H;4-15H;3-15H;3-13H. The highest BCUT2D eigenvalue weighted by Crippen LogP contribution is 2.53. The molecule has 0 aliphatic carbocycles. The zero-order valence-corrected chi connectivity index (χ0v) is 63.7. The zero-order chi connectivity index (χ0) is 82.9. The Morgan fingerprint density at radius 1 is 0.238 bits per heavy atom. The van der Waals surface area contributed by atoms with E-state index in [-0.39, 0.29) is 51.3 Å². The van der Waals surface area contributed by atoms with Crippen molar-refractivity contribution in [2.24, 2.45) is 0 Å². The number of fused-ring (bicyclic) bond motifs is 36. The molecule has 17 nitrogen and oxygen atoms in total. The van der Waals surface area contributed by atoms with Crippen LogP contribution in [0.15, 0.2) is 286 Å². The summed E-state index contributed by atoms with van der Waals surface area (Å²) in [6, 6.07) is 90.2. The molecular formula is C105H47N17. The Morgan fingerprint density at radius 2 is 0.566 bits per heavy atom. The molecule has 17 heteroatoms. The van der Waals surface area contributed by atoms with Crippen molar-refractivity contribution in [1.29, 1.82) is 5.26 Å². The average Bonchev–Trinajstić information content (AvgIpc) is 1.63. The summed E-state index contributed by atoms with van der Waals surface area (Å²) in [6.45, 7) is 76.3. The molecule has 0 amide bonds. The van der Waals surface area contributed by atoms with Crippen molar-refractivity contribution in [1.82, 2.24) is 27.6 Å². The van der Waals surface area contributed by atoms with Gasteiger partial charge in [-0.1, -0.05) is 213 Å². The zero-order valence-electron chi connectivity index (χ0n) is 63.7. The predicted octanol–water partition coefficient (Wildman–Crippen LogP) is 30.4. The minimum atomic E-state index is -0.0646. The molecule has 0 saturated carbocycles. The molecule has 24 aromatic rings. The third kappa shape index (κ3) is 10.4. The summed E-state index contributed by atoms with van der Waals surface area (Å²) >= 11 is 0. The van der Waals surface area contributed by atoms with Crippen molar-refractivity contribution in [3.05, 3.63) is 405 Å². The van der Waals surface area contributed by atoms with Crippen LogP contribution in [0, 0.1) is 77.1 Å². The van der Waals surface area contributed by atoms with Crippen LogP contribution in [0.5, 0.6) is 0 Å². The molecule has 0 saturated heterocycles. The number of nitrogens with zero attached hydrogens (tertiary/aromatic N) is 17. The highest BCUT2D eigenvalue weighted by atomic mass is 15.1. The smallest absolute Gasteiger partial charge is 0.295 e. The second kappa shape index (κ2) is 27.6. The van der Waals surface area contributed by atoms with Gasteiger partial charge in [0.05, 0.1) is 86.3 Å². The van der Waals surface area contributed by atoms with Crippen LogP contribution in [0.1, 0.15) is 5.56 Å². The lowest BCUT2D eigenvalue weighted by atomic mass is 9.95. The first kappa shape index (κ1) is 70.8. The van der Waals surface area contributed by atoms with Gasteiger partial charge in [0.15, 0.2) is 28.4 Å². The second-order valence-corrected chi connectivity index (χ2v) is 29.5. The van der Waals surface area contributed by atoms with E-state index in [2.05, 4.69) is 213 Å². The van der Waals surface area contributed by atoms with Gasteiger partial charge in [-0.25, -0.2) is 0 Å². The molecule has 0 bridgehead atoms. The van der Waals surface area contributed by atoms with Crippen LogP contribution < -0.4 is 0 Å². The van der Waals surface area contributed by atoms with Gasteiger partial charge in [0.1, 0.15) is 0 Å². The summed E-state index contributed by atoms with van der Waals surface area (Å²) < 4.78 is 8.19. The van der Waals surface area contributed by atoms with E-state index in [0.29, 0.717) is 33.4 Å². The van der Waals surface area contributed by atoms with Crippen LogP contribution in [0.4, 0.5) is 57.1 Å². The maximum absolute atomic E-state index is 10.1. The van der Waals surface area contributed by atoms with Gasteiger partial charge in [-0.05, 0) is 136 Å². The van der Waals surface area contributed by atoms with Crippen LogP contribution in [0.3, 0.4) is 0 Å². The first-order valence-electron chi connectivity index (χ1n) is 38.3. The monoisotopic (exact) mass is 1550 g/mol. The number of benzene rings is 15. The van der Waals surface area contributed by atoms with Crippen molar-refractivity contribution >= 4 is 252 Å². The summed E-state index contributed by atoms with van der Waals surface area (Å²) in [7, 11) is 0. The molecule has 0 aliphatic heterocycles. The van der Waals surface area contributed by atoms with E-state index >= 15 is 0 Å². The maximum atomic E-state index is 10.1. The minimum absolute atomic E-state index is 0.0340. The summed E-state index contributed by atoms with van der Waals surface area (Å²) in [4.78, 5) is 44.8. The normalized spacial score (nSPS) is 11.2. The number of rotatable bonds is 0. The van der Waals surface area contributed by atoms with Crippen molar-refractivity contribution in [2.45, 2.75) is 0 Å². The predicted molar refractivity (Wildman–Crippen MR) is 493 cm³/mol. The fourth-order valence-electron chi connectivity index (χ4n) is 18.1. The van der Waals surface area contributed by atoms with Crippen molar-refractivity contribution in [2.75, 3.05) is 0 Å². The topological polar surface area (TPSA) is 111 Å². The Balaban J connectivity index is 0.000000100. The lowest BCUT2D eigenvalue weighted by molar-refractivity contribution is 1.20. The van der Waals surface area contributed by atoms with Gasteiger partial charge < -0.3 is 22.9 Å². The Labute approximate surface area is 692 Å². The molecule has 0 aliphatic rings. The van der Waals surface area contributed by atoms with Crippen molar-refractivity contribution in [3.63, 3.8) is 0 Å². The van der Waals surface area contributed by atoms with Crippen LogP contribution >= 0.6 is 0 Å². The van der Waals surface area contributed by atoms with E-state index < -0.39 is 0 Å². The van der Waals surface area contributed by atoms with Gasteiger partial charge in [-0.3, -0.25) is 43.2 Å². The second-order valence-electron chi connectivity index (χ2n) is 29.5. The van der Waals surface area contributed by atoms with Crippen molar-refractivity contribution in [3.8, 4) is 6.07 Å². The minimum Gasteiger partial charge on any atom is -0.370 e. The molecule has 9 aromatic heterocycles. The summed E-state index contributed by atoms with van der Waals surface area (Å²) in [5.74, 6) is 0.0738. The van der Waals surface area contributed by atoms with Gasteiger partial charge in [0.2, 0.25) is 22.6 Å². The summed E-state index contributed by atoms with van der Waals surface area (Å²) in [5.41, 5.74) is 9.10. The third-order valence-electron chi connectivity index (χ3n) is 23.3. The lowest BCUT2D eigenvalue weighted by Crippen LogP contribution is -1.95. The van der Waals surface area contributed by atoms with E-state index in [1.807, 2.05) is 149 Å². The summed E-state index contributed by atoms with van der Waals surface area (Å²) in [6.07, 6.45) is 8.16. The summed E-state index contributed by atoms with van der Waals surface area (Å²) in [5, 5.41) is 38.0. The number of pyridine rings is 4. The molecule has 15 aromatic carbocycles. The van der Waals surface area contributed by atoms with Crippen LogP contribution in [0.25, 0.3) is 244 Å². The van der Waals surface area contributed by atoms with Gasteiger partial charge in [-0.2, -0.15) is 5.26 Å². The van der Waals surface area contributed by atoms with Crippen LogP contribution in [-0.4, -0.2) is 27.6 Å². The highest BCUT2D eigenvalue weighted by Gasteiger charge is 2.28. The quantitative estimate of drug-likeness (QED) is 0.0856. The highest BCUT2D eigenvalue weighted by molar-refractivity contribution is 6.31. The molecule has 9 heterocycles. The first-order chi connectivity index (χ1) is 60.0. The van der Waals surface area contributed by atoms with E-state index in [4.69, 9.17) is 65.7 Å². The Bertz CT molecular complexity index is 9270. The van der Waals surface area contributed by atoms with Gasteiger partial charge >= 0.3 is 0 Å². The number of hydrogen-bond donors (Lipinski definition) is 0. The molecule has 24 rings (SSSR count). The van der Waals surface area contributed by atoms with Crippen molar-refractivity contribution < 1.29 is 0 Å². The molecular weight excluding hydrogens is 1500 g/mol. The number of aromatic nitrogens is 6. The lowest BCUT2D eigenvalue weighted by Gasteiger charge is -2.16. The molecule has 0 radical (unpaired) electrons. The molecule has 0 atom stereocenters. The fraction of sp³-hybridized carbons (Fsp3) is 0. The maximum Gasteiger partial charge on any atom is 0.295 e. The van der Waals surface area contributed by atoms with E-state index in [9.17, 15) is 5.26 Å². The van der Waals surface area contributed by atoms with E-state index in [1.54, 1.807) is 6.07 Å². The number of nitriles is 1.